The molecule has 0 radical (unpaired) electrons. The number of benzene rings is 3. The number of anilines is 1. The standard InChI is InChI=1S/C58H64F2N10O6/c1-4-40-43(59)11-9-36-7-5-8-41(49(36)40)51-50(60)52-42(32-61-51)53(69-22-6-19-57(2,75)34-69)64-55(63-52)76-39-17-23-66(24-18-39)33-48(72)68-27-20-58(21-28-68)30-38(31-58)67-25-15-35(16-26-67)37-10-12-44-46(29-37)65(3)56(74)70(44)45-13-14-47(71)62-54(45)73/h1,5,7-12,29,32,35,38-39,45,75H,6,13-28,30-31,33-34H2,2-3H3,(H,62,71,73)/t45?,57-/m1/s1. The number of fused-ring (bicyclic) bond motifs is 3. The van der Waals surface area contributed by atoms with Crippen LogP contribution in [0.2, 0.25) is 0 Å². The van der Waals surface area contributed by atoms with Crippen LogP contribution in [0.1, 0.15) is 107 Å². The Bertz CT molecular complexity index is 3410. The zero-order valence-corrected chi connectivity index (χ0v) is 43.2. The number of halogens is 2. The summed E-state index contributed by atoms with van der Waals surface area (Å²) in [4.78, 5) is 74.4. The Balaban J connectivity index is 0.642. The Hall–Kier alpha value is -6.81. The van der Waals surface area contributed by atoms with Gasteiger partial charge < -0.3 is 24.5 Å². The second-order valence-corrected chi connectivity index (χ2v) is 22.8. The summed E-state index contributed by atoms with van der Waals surface area (Å²) < 4.78 is 41.7. The summed E-state index contributed by atoms with van der Waals surface area (Å²) in [5.41, 5.74) is 2.13. The fourth-order valence-corrected chi connectivity index (χ4v) is 13.5. The molecule has 1 unspecified atom stereocenters. The van der Waals surface area contributed by atoms with Crippen LogP contribution >= 0.6 is 0 Å². The van der Waals surface area contributed by atoms with Gasteiger partial charge in [0.2, 0.25) is 17.7 Å². The van der Waals surface area contributed by atoms with Gasteiger partial charge in [0.15, 0.2) is 5.82 Å². The molecule has 1 saturated carbocycles. The summed E-state index contributed by atoms with van der Waals surface area (Å²) >= 11 is 0. The SMILES string of the molecule is C#Cc1c(F)ccc2cccc(-c3ncc4c(N5CCC[C@@](C)(O)C5)nc(OC5CCN(CC(=O)N6CCC7(CC6)CC(N6CCC(c8ccc9c(c8)n(C)c(=O)n9C8CCC(=O)NC8=O)CC6)C7)CC5)nc4c3F)c12. The molecule has 18 heteroatoms. The van der Waals surface area contributed by atoms with E-state index in [0.29, 0.717) is 103 Å². The maximum Gasteiger partial charge on any atom is 0.329 e. The number of carbonyl (C=O) groups is 3. The lowest BCUT2D eigenvalue weighted by molar-refractivity contribution is -0.138. The molecule has 6 fully saturated rings. The number of ether oxygens (including phenoxy) is 1. The number of rotatable bonds is 9. The fraction of sp³-hybridized carbons (Fsp3) is 0.500. The molecule has 2 atom stereocenters. The molecular formula is C58H64F2N10O6. The smallest absolute Gasteiger partial charge is 0.329 e. The average molecular weight is 1040 g/mol. The van der Waals surface area contributed by atoms with Crippen molar-refractivity contribution in [3.05, 3.63) is 88.0 Å². The Kier molecular flexibility index (Phi) is 12.9. The van der Waals surface area contributed by atoms with Crippen LogP contribution in [0.4, 0.5) is 14.6 Å². The predicted molar refractivity (Wildman–Crippen MR) is 284 cm³/mol. The monoisotopic (exact) mass is 1030 g/mol. The number of carbonyl (C=O) groups excluding carboxylic acids is 3. The number of amides is 3. The van der Waals surface area contributed by atoms with Crippen molar-refractivity contribution in [1.82, 2.24) is 44.1 Å². The van der Waals surface area contributed by atoms with Gasteiger partial charge in [-0.1, -0.05) is 36.3 Å². The molecule has 1 aliphatic carbocycles. The minimum atomic E-state index is -0.980. The quantitative estimate of drug-likeness (QED) is 0.118. The van der Waals surface area contributed by atoms with Crippen molar-refractivity contribution >= 4 is 56.2 Å². The van der Waals surface area contributed by atoms with E-state index >= 15 is 4.39 Å². The molecule has 12 rings (SSSR count). The van der Waals surface area contributed by atoms with Crippen LogP contribution in [0.5, 0.6) is 6.01 Å². The number of imidazole rings is 1. The van der Waals surface area contributed by atoms with Crippen LogP contribution in [-0.4, -0.2) is 138 Å². The molecule has 6 aliphatic rings. The number of aryl methyl sites for hydroxylation is 1. The van der Waals surface area contributed by atoms with Gasteiger partial charge in [0.25, 0.3) is 0 Å². The number of piperidine rings is 5. The summed E-state index contributed by atoms with van der Waals surface area (Å²) in [6.45, 7) is 7.87. The highest BCUT2D eigenvalue weighted by atomic mass is 19.1. The van der Waals surface area contributed by atoms with Crippen LogP contribution < -0.4 is 20.6 Å². The minimum Gasteiger partial charge on any atom is -0.460 e. The lowest BCUT2D eigenvalue weighted by Gasteiger charge is -2.56. The Morgan fingerprint density at radius 1 is 0.921 bits per heavy atom. The number of pyridine rings is 1. The molecule has 1 spiro atoms. The highest BCUT2D eigenvalue weighted by Crippen LogP contribution is 2.52. The van der Waals surface area contributed by atoms with Crippen molar-refractivity contribution < 1.29 is 33.0 Å². The predicted octanol–water partition coefficient (Wildman–Crippen LogP) is 6.58. The number of hydrogen-bond donors (Lipinski definition) is 2. The number of nitrogens with one attached hydrogen (secondary N) is 1. The van der Waals surface area contributed by atoms with E-state index in [2.05, 4.69) is 43.1 Å². The molecule has 0 bridgehead atoms. The number of hydrogen-bond acceptors (Lipinski definition) is 12. The van der Waals surface area contributed by atoms with Crippen molar-refractivity contribution in [3.63, 3.8) is 0 Å². The number of likely N-dealkylation sites (tertiary alicyclic amines) is 3. The summed E-state index contributed by atoms with van der Waals surface area (Å²) in [6, 6.07) is 14.2. The first-order valence-corrected chi connectivity index (χ1v) is 27.1. The van der Waals surface area contributed by atoms with E-state index in [1.54, 1.807) is 47.4 Å². The molecule has 16 nitrogen and oxygen atoms in total. The van der Waals surface area contributed by atoms with Gasteiger partial charge in [-0.15, -0.1) is 6.42 Å². The highest BCUT2D eigenvalue weighted by Gasteiger charge is 2.49. The van der Waals surface area contributed by atoms with E-state index in [1.165, 1.54) is 30.7 Å². The molecular weight excluding hydrogens is 971 g/mol. The van der Waals surface area contributed by atoms with Gasteiger partial charge in [-0.05, 0) is 131 Å². The number of terminal acetylenes is 1. The second-order valence-electron chi connectivity index (χ2n) is 22.8. The normalized spacial score (nSPS) is 23.3. The number of aliphatic hydroxyl groups is 1. The topological polar surface area (TPSA) is 171 Å². The van der Waals surface area contributed by atoms with E-state index in [9.17, 15) is 28.7 Å². The van der Waals surface area contributed by atoms with Gasteiger partial charge in [0, 0.05) is 75.9 Å². The molecule has 3 amide bonds. The van der Waals surface area contributed by atoms with Crippen LogP contribution in [-0.2, 0) is 21.4 Å². The Morgan fingerprint density at radius 2 is 1.70 bits per heavy atom. The maximum atomic E-state index is 17.0. The molecule has 6 aromatic rings. The fourth-order valence-electron chi connectivity index (χ4n) is 13.5. The van der Waals surface area contributed by atoms with Gasteiger partial charge in [0.05, 0.1) is 34.1 Å². The second kappa shape index (κ2) is 19.6. The van der Waals surface area contributed by atoms with Crippen molar-refractivity contribution in [1.29, 1.82) is 0 Å². The van der Waals surface area contributed by atoms with Crippen molar-refractivity contribution in [2.45, 2.75) is 114 Å². The van der Waals surface area contributed by atoms with Crippen molar-refractivity contribution in [3.8, 4) is 29.6 Å². The van der Waals surface area contributed by atoms with Crippen LogP contribution in [0.3, 0.4) is 0 Å². The average Bonchev–Trinajstić information content (AvgIpc) is 3.72. The van der Waals surface area contributed by atoms with E-state index in [4.69, 9.17) is 16.1 Å². The summed E-state index contributed by atoms with van der Waals surface area (Å²) in [5, 5.41) is 14.9. The minimum absolute atomic E-state index is 0.000221. The molecule has 3 aromatic carbocycles. The first-order valence-electron chi connectivity index (χ1n) is 27.1. The van der Waals surface area contributed by atoms with Crippen molar-refractivity contribution in [2.24, 2.45) is 12.5 Å². The van der Waals surface area contributed by atoms with Gasteiger partial charge in [-0.2, -0.15) is 9.97 Å². The van der Waals surface area contributed by atoms with Gasteiger partial charge in [0.1, 0.15) is 35.0 Å². The number of nitrogens with zero attached hydrogens (tertiary/aromatic N) is 9. The molecule has 5 saturated heterocycles. The first-order chi connectivity index (χ1) is 36.6. The number of β-amino-alcohol motifs (C(OH)–C–C–N with tert-alkyl or cyclic N) is 1. The largest absolute Gasteiger partial charge is 0.460 e. The van der Waals surface area contributed by atoms with E-state index < -0.39 is 29.2 Å². The number of imide groups is 1. The lowest BCUT2D eigenvalue weighted by Crippen LogP contribution is -2.57. The third-order valence-corrected chi connectivity index (χ3v) is 17.8. The van der Waals surface area contributed by atoms with Gasteiger partial charge in [-0.3, -0.25) is 38.7 Å². The number of aromatic nitrogens is 5. The molecule has 8 heterocycles. The van der Waals surface area contributed by atoms with Crippen LogP contribution in [0, 0.1) is 29.4 Å². The summed E-state index contributed by atoms with van der Waals surface area (Å²) in [5.74, 6) is 1.36. The summed E-state index contributed by atoms with van der Waals surface area (Å²) in [6.07, 6.45) is 16.6. The Morgan fingerprint density at radius 3 is 2.43 bits per heavy atom. The van der Waals surface area contributed by atoms with Crippen LogP contribution in [0.15, 0.2) is 59.5 Å². The molecule has 3 aromatic heterocycles. The molecule has 396 valence electrons. The molecule has 2 N–H and O–H groups in total. The summed E-state index contributed by atoms with van der Waals surface area (Å²) in [7, 11) is 1.74. The van der Waals surface area contributed by atoms with E-state index in [0.717, 1.165) is 57.4 Å². The molecule has 5 aliphatic heterocycles. The lowest BCUT2D eigenvalue weighted by atomic mass is 9.59. The van der Waals surface area contributed by atoms with E-state index in [-0.39, 0.29) is 64.8 Å². The third-order valence-electron chi connectivity index (χ3n) is 17.8. The van der Waals surface area contributed by atoms with Crippen LogP contribution in [0.25, 0.3) is 44.0 Å². The highest BCUT2D eigenvalue weighted by molar-refractivity contribution is 6.02. The Labute approximate surface area is 439 Å². The van der Waals surface area contributed by atoms with E-state index in [1.807, 2.05) is 15.9 Å². The molecule has 76 heavy (non-hydrogen) atoms. The van der Waals surface area contributed by atoms with Gasteiger partial charge in [-0.25, -0.2) is 13.6 Å². The van der Waals surface area contributed by atoms with Gasteiger partial charge >= 0.3 is 11.7 Å². The maximum absolute atomic E-state index is 17.0. The van der Waals surface area contributed by atoms with Crippen molar-refractivity contribution in [2.75, 3.05) is 63.8 Å². The first kappa shape index (κ1) is 50.0. The zero-order chi connectivity index (χ0) is 52.6. The zero-order valence-electron chi connectivity index (χ0n) is 43.2. The third kappa shape index (κ3) is 9.17.